The Balaban J connectivity index is 1.81. The second kappa shape index (κ2) is 13.5. The van der Waals surface area contributed by atoms with Gasteiger partial charge in [-0.1, -0.05) is 59.3 Å². The predicted molar refractivity (Wildman–Crippen MR) is 146 cm³/mol. The molecular formula is C28H45N5O7. The van der Waals surface area contributed by atoms with Gasteiger partial charge in [-0.25, -0.2) is 4.79 Å². The molecule has 40 heavy (non-hydrogen) atoms. The van der Waals surface area contributed by atoms with Gasteiger partial charge in [0.2, 0.25) is 23.6 Å². The van der Waals surface area contributed by atoms with Crippen LogP contribution in [0, 0.1) is 17.3 Å². The number of carbonyl (C=O) groups is 6. The van der Waals surface area contributed by atoms with E-state index in [1.54, 1.807) is 20.8 Å². The van der Waals surface area contributed by atoms with Crippen molar-refractivity contribution < 1.29 is 33.9 Å². The van der Waals surface area contributed by atoms with Crippen molar-refractivity contribution in [2.45, 2.75) is 116 Å². The summed E-state index contributed by atoms with van der Waals surface area (Å²) in [7, 11) is 0. The number of Topliss-reactive ketones (excluding diaryl/α,β-unsaturated/α-hetero) is 1. The Kier molecular flexibility index (Phi) is 10.5. The molecule has 0 aromatic carbocycles. The maximum Gasteiger partial charge on any atom is 0.405 e. The Labute approximate surface area is 235 Å². The van der Waals surface area contributed by atoms with Crippen LogP contribution in [0.15, 0.2) is 0 Å². The lowest BCUT2D eigenvalue weighted by molar-refractivity contribution is -0.143. The predicted octanol–water partition coefficient (Wildman–Crippen LogP) is 1.45. The molecule has 1 saturated heterocycles. The number of likely N-dealkylation sites (tertiary alicyclic amines) is 1. The van der Waals surface area contributed by atoms with E-state index in [0.717, 1.165) is 56.3 Å². The topological polar surface area (TPSA) is 188 Å². The van der Waals surface area contributed by atoms with E-state index in [4.69, 9.17) is 5.73 Å². The standard InChI is InChI=1S/C28H45N5O7/c1-28(2,3)22(32-27(39)40)26(38)33-15-18(34)14-19(33)24(36)31-21(17-12-8-5-9-13-17)25(37)30-20(23(29)35)16-10-6-4-7-11-16/h16-17,19-22,32H,4-15H2,1-3H3,(H2,29,35)(H,30,37)(H,31,36)(H,39,40)/t19-,20?,21?,22?/m0/s1. The molecule has 3 aliphatic rings. The zero-order chi connectivity index (χ0) is 29.6. The van der Waals surface area contributed by atoms with Crippen molar-refractivity contribution in [3.63, 3.8) is 0 Å². The molecule has 1 aliphatic heterocycles. The Morgan fingerprint density at radius 2 is 1.38 bits per heavy atom. The number of hydrogen-bond donors (Lipinski definition) is 5. The molecular weight excluding hydrogens is 518 g/mol. The van der Waals surface area contributed by atoms with Gasteiger partial charge in [0.25, 0.3) is 0 Å². The van der Waals surface area contributed by atoms with Crippen LogP contribution < -0.4 is 21.7 Å². The minimum atomic E-state index is -1.39. The zero-order valence-corrected chi connectivity index (χ0v) is 23.9. The van der Waals surface area contributed by atoms with Crippen LogP contribution in [0.25, 0.3) is 0 Å². The Morgan fingerprint density at radius 3 is 1.85 bits per heavy atom. The first-order valence-electron chi connectivity index (χ1n) is 14.5. The third kappa shape index (κ3) is 7.94. The van der Waals surface area contributed by atoms with Crippen molar-refractivity contribution in [2.24, 2.45) is 23.0 Å². The Hall–Kier alpha value is -3.18. The molecule has 0 bridgehead atoms. The summed E-state index contributed by atoms with van der Waals surface area (Å²) in [6.45, 7) is 4.73. The van der Waals surface area contributed by atoms with Crippen LogP contribution in [0.5, 0.6) is 0 Å². The molecule has 3 rings (SSSR count). The molecule has 12 nitrogen and oxygen atoms in total. The number of hydrogen-bond acceptors (Lipinski definition) is 6. The molecule has 3 fully saturated rings. The van der Waals surface area contributed by atoms with Gasteiger partial charge >= 0.3 is 6.09 Å². The number of primary amides is 1. The summed E-state index contributed by atoms with van der Waals surface area (Å²) < 4.78 is 0. The van der Waals surface area contributed by atoms with E-state index in [9.17, 15) is 33.9 Å². The Bertz CT molecular complexity index is 982. The molecule has 0 aromatic rings. The summed E-state index contributed by atoms with van der Waals surface area (Å²) in [5.74, 6) is -2.99. The number of carbonyl (C=O) groups excluding carboxylic acids is 5. The van der Waals surface area contributed by atoms with Crippen molar-refractivity contribution in [3.05, 3.63) is 0 Å². The van der Waals surface area contributed by atoms with Crippen molar-refractivity contribution in [3.8, 4) is 0 Å². The average Bonchev–Trinajstić information content (AvgIpc) is 3.30. The monoisotopic (exact) mass is 563 g/mol. The molecule has 12 heteroatoms. The third-order valence-electron chi connectivity index (χ3n) is 8.54. The van der Waals surface area contributed by atoms with Gasteiger partial charge in [0.05, 0.1) is 6.54 Å². The minimum absolute atomic E-state index is 0.0606. The molecule has 3 unspecified atom stereocenters. The summed E-state index contributed by atoms with van der Waals surface area (Å²) in [4.78, 5) is 78.0. The van der Waals surface area contributed by atoms with Crippen LogP contribution in [0.2, 0.25) is 0 Å². The number of ketones is 1. The van der Waals surface area contributed by atoms with Gasteiger partial charge in [-0.3, -0.25) is 24.0 Å². The van der Waals surface area contributed by atoms with Gasteiger partial charge in [0.1, 0.15) is 24.2 Å². The smallest absolute Gasteiger partial charge is 0.405 e. The van der Waals surface area contributed by atoms with E-state index in [1.807, 2.05) is 0 Å². The highest BCUT2D eigenvalue weighted by molar-refractivity contribution is 6.02. The maximum atomic E-state index is 13.6. The first kappa shape index (κ1) is 31.3. The molecule has 6 N–H and O–H groups in total. The first-order chi connectivity index (χ1) is 18.8. The van der Waals surface area contributed by atoms with E-state index in [2.05, 4.69) is 16.0 Å². The summed E-state index contributed by atoms with van der Waals surface area (Å²) >= 11 is 0. The second-order valence-electron chi connectivity index (χ2n) is 12.6. The quantitative estimate of drug-likeness (QED) is 0.281. The second-order valence-corrected chi connectivity index (χ2v) is 12.6. The van der Waals surface area contributed by atoms with Crippen molar-refractivity contribution in [2.75, 3.05) is 6.54 Å². The summed E-state index contributed by atoms with van der Waals surface area (Å²) in [5, 5.41) is 17.2. The normalized spacial score (nSPS) is 23.1. The van der Waals surface area contributed by atoms with Crippen molar-refractivity contribution in [1.82, 2.24) is 20.9 Å². The highest BCUT2D eigenvalue weighted by atomic mass is 16.4. The Morgan fingerprint density at radius 1 is 0.850 bits per heavy atom. The molecule has 0 aromatic heterocycles. The van der Waals surface area contributed by atoms with Crippen LogP contribution in [0.3, 0.4) is 0 Å². The molecule has 4 atom stereocenters. The van der Waals surface area contributed by atoms with Crippen molar-refractivity contribution in [1.29, 1.82) is 0 Å². The molecule has 1 heterocycles. The fourth-order valence-electron chi connectivity index (χ4n) is 6.34. The van der Waals surface area contributed by atoms with Crippen molar-refractivity contribution >= 4 is 35.5 Å². The highest BCUT2D eigenvalue weighted by Gasteiger charge is 2.46. The molecule has 2 aliphatic carbocycles. The van der Waals surface area contributed by atoms with Crippen LogP contribution in [0.1, 0.15) is 91.4 Å². The number of carboxylic acid groups (broad SMARTS) is 1. The van der Waals surface area contributed by atoms with Gasteiger partial charge < -0.3 is 31.7 Å². The summed E-state index contributed by atoms with van der Waals surface area (Å²) in [5.41, 5.74) is 4.87. The molecule has 2 saturated carbocycles. The fraction of sp³-hybridized carbons (Fsp3) is 0.786. The lowest BCUT2D eigenvalue weighted by Gasteiger charge is -2.36. The maximum absolute atomic E-state index is 13.6. The van der Waals surface area contributed by atoms with E-state index >= 15 is 0 Å². The van der Waals surface area contributed by atoms with Gasteiger partial charge in [-0.2, -0.15) is 0 Å². The van der Waals surface area contributed by atoms with Crippen LogP contribution in [-0.2, 0) is 24.0 Å². The zero-order valence-electron chi connectivity index (χ0n) is 23.9. The largest absolute Gasteiger partial charge is 0.465 e. The molecule has 0 spiro atoms. The fourth-order valence-corrected chi connectivity index (χ4v) is 6.34. The van der Waals surface area contributed by atoms with Gasteiger partial charge in [0.15, 0.2) is 5.78 Å². The van der Waals surface area contributed by atoms with Crippen LogP contribution in [0.4, 0.5) is 4.79 Å². The number of amides is 5. The number of nitrogens with one attached hydrogen (secondary N) is 3. The highest BCUT2D eigenvalue weighted by Crippen LogP contribution is 2.30. The summed E-state index contributed by atoms with van der Waals surface area (Å²) in [6.07, 6.45) is 7.18. The molecule has 5 amide bonds. The number of nitrogens with two attached hydrogens (primary N) is 1. The SMILES string of the molecule is CC(C)(C)C(NC(=O)O)C(=O)N1CC(=O)C[C@H]1C(=O)NC(C(=O)NC(C(N)=O)C1CCCCC1)C1CCCCC1. The van der Waals surface area contributed by atoms with Crippen LogP contribution in [-0.4, -0.2) is 76.2 Å². The van der Waals surface area contributed by atoms with E-state index < -0.39 is 59.3 Å². The molecule has 224 valence electrons. The lowest BCUT2D eigenvalue weighted by Crippen LogP contribution is -2.61. The van der Waals surface area contributed by atoms with Gasteiger partial charge in [0, 0.05) is 6.42 Å². The van der Waals surface area contributed by atoms with Gasteiger partial charge in [-0.15, -0.1) is 0 Å². The average molecular weight is 564 g/mol. The number of nitrogens with zero attached hydrogens (tertiary/aromatic N) is 1. The van der Waals surface area contributed by atoms with E-state index in [1.165, 1.54) is 0 Å². The van der Waals surface area contributed by atoms with Gasteiger partial charge in [-0.05, 0) is 42.9 Å². The minimum Gasteiger partial charge on any atom is -0.465 e. The summed E-state index contributed by atoms with van der Waals surface area (Å²) in [6, 6.07) is -4.15. The first-order valence-corrected chi connectivity index (χ1v) is 14.5. The number of rotatable bonds is 9. The third-order valence-corrected chi connectivity index (χ3v) is 8.54. The lowest BCUT2D eigenvalue weighted by atomic mass is 9.81. The molecule has 0 radical (unpaired) electrons. The van der Waals surface area contributed by atoms with Crippen LogP contribution >= 0.6 is 0 Å². The van der Waals surface area contributed by atoms with E-state index in [-0.39, 0.29) is 30.6 Å². The van der Waals surface area contributed by atoms with E-state index in [0.29, 0.717) is 12.8 Å².